The Morgan fingerprint density at radius 1 is 1.37 bits per heavy atom. The molecular formula is C12H11F2N3O2. The van der Waals surface area contributed by atoms with Crippen LogP contribution in [0.25, 0.3) is 5.69 Å². The molecule has 0 saturated heterocycles. The highest BCUT2D eigenvalue weighted by molar-refractivity contribution is 5.35. The van der Waals surface area contributed by atoms with Crippen molar-refractivity contribution >= 4 is 0 Å². The monoisotopic (exact) mass is 267 g/mol. The van der Waals surface area contributed by atoms with E-state index < -0.39 is 17.2 Å². The number of benzene rings is 1. The molecule has 1 heterocycles. The minimum atomic E-state index is -0.780. The molecule has 19 heavy (non-hydrogen) atoms. The van der Waals surface area contributed by atoms with E-state index in [1.807, 2.05) is 0 Å². The quantitative estimate of drug-likeness (QED) is 0.868. The van der Waals surface area contributed by atoms with Crippen LogP contribution in [0.2, 0.25) is 0 Å². The Balaban J connectivity index is 2.64. The second-order valence-corrected chi connectivity index (χ2v) is 3.85. The van der Waals surface area contributed by atoms with Crippen LogP contribution in [-0.2, 0) is 6.54 Å². The zero-order valence-corrected chi connectivity index (χ0v) is 10.0. The first kappa shape index (κ1) is 13.2. The standard InChI is InChI=1S/C12H11F2N3O2/c1-15-6-9-11(18)5-12(19)17(16-9)10-4-7(13)2-3-8(10)14/h2-5,15,18H,6H2,1H3. The molecule has 1 aromatic heterocycles. The lowest BCUT2D eigenvalue weighted by Gasteiger charge is -2.09. The molecule has 2 N–H and O–H groups in total. The van der Waals surface area contributed by atoms with E-state index in [2.05, 4.69) is 10.4 Å². The van der Waals surface area contributed by atoms with Gasteiger partial charge >= 0.3 is 0 Å². The van der Waals surface area contributed by atoms with Gasteiger partial charge in [0.25, 0.3) is 5.56 Å². The van der Waals surface area contributed by atoms with Crippen molar-refractivity contribution in [3.05, 3.63) is 51.9 Å². The van der Waals surface area contributed by atoms with Gasteiger partial charge in [0.1, 0.15) is 28.8 Å². The summed E-state index contributed by atoms with van der Waals surface area (Å²) in [6, 6.07) is 3.62. The maximum Gasteiger partial charge on any atom is 0.275 e. The number of aromatic nitrogens is 2. The van der Waals surface area contributed by atoms with Crippen LogP contribution in [0.3, 0.4) is 0 Å². The van der Waals surface area contributed by atoms with Gasteiger partial charge in [-0.1, -0.05) is 0 Å². The van der Waals surface area contributed by atoms with Gasteiger partial charge in [0.05, 0.1) is 0 Å². The minimum absolute atomic E-state index is 0.158. The fourth-order valence-electron chi connectivity index (χ4n) is 1.60. The van der Waals surface area contributed by atoms with Crippen molar-refractivity contribution in [3.63, 3.8) is 0 Å². The number of nitrogens with zero attached hydrogens (tertiary/aromatic N) is 2. The molecule has 5 nitrogen and oxygen atoms in total. The molecule has 0 spiro atoms. The van der Waals surface area contributed by atoms with Crippen molar-refractivity contribution < 1.29 is 13.9 Å². The van der Waals surface area contributed by atoms with Crippen molar-refractivity contribution in [2.75, 3.05) is 7.05 Å². The fourth-order valence-corrected chi connectivity index (χ4v) is 1.60. The minimum Gasteiger partial charge on any atom is -0.506 e. The van der Waals surface area contributed by atoms with E-state index in [4.69, 9.17) is 0 Å². The molecule has 0 atom stereocenters. The molecule has 0 saturated carbocycles. The molecule has 0 radical (unpaired) electrons. The van der Waals surface area contributed by atoms with E-state index >= 15 is 0 Å². The topological polar surface area (TPSA) is 67.2 Å². The molecule has 2 aromatic rings. The number of hydrogen-bond donors (Lipinski definition) is 2. The zero-order chi connectivity index (χ0) is 14.0. The molecule has 0 aliphatic carbocycles. The van der Waals surface area contributed by atoms with Crippen LogP contribution in [0, 0.1) is 11.6 Å². The predicted molar refractivity (Wildman–Crippen MR) is 64.2 cm³/mol. The molecule has 100 valence electrons. The third-order valence-corrected chi connectivity index (χ3v) is 2.47. The summed E-state index contributed by atoms with van der Waals surface area (Å²) in [5, 5.41) is 16.1. The predicted octanol–water partition coefficient (Wildman–Crippen LogP) is 0.936. The number of aromatic hydroxyl groups is 1. The molecule has 1 aromatic carbocycles. The number of rotatable bonds is 3. The number of nitrogens with one attached hydrogen (secondary N) is 1. The van der Waals surface area contributed by atoms with Crippen molar-refractivity contribution in [1.82, 2.24) is 15.1 Å². The van der Waals surface area contributed by atoms with E-state index in [1.54, 1.807) is 7.05 Å². The molecule has 2 rings (SSSR count). The first-order valence-electron chi connectivity index (χ1n) is 5.45. The van der Waals surface area contributed by atoms with Gasteiger partial charge < -0.3 is 10.4 Å². The van der Waals surface area contributed by atoms with Crippen LogP contribution in [0.1, 0.15) is 5.69 Å². The Labute approximate surface area is 107 Å². The van der Waals surface area contributed by atoms with Gasteiger partial charge in [-0.25, -0.2) is 8.78 Å². The van der Waals surface area contributed by atoms with E-state index in [1.165, 1.54) is 0 Å². The molecule has 0 fully saturated rings. The first-order chi connectivity index (χ1) is 9.02. The average Bonchev–Trinajstić information content (AvgIpc) is 2.36. The van der Waals surface area contributed by atoms with Crippen LogP contribution in [-0.4, -0.2) is 21.9 Å². The Kier molecular flexibility index (Phi) is 3.57. The summed E-state index contributed by atoms with van der Waals surface area (Å²) >= 11 is 0. The zero-order valence-electron chi connectivity index (χ0n) is 10.0. The Bertz CT molecular complexity index is 671. The summed E-state index contributed by atoms with van der Waals surface area (Å²) in [5.74, 6) is -1.77. The summed E-state index contributed by atoms with van der Waals surface area (Å²) in [7, 11) is 1.62. The van der Waals surface area contributed by atoms with E-state index in [0.717, 1.165) is 24.3 Å². The van der Waals surface area contributed by atoms with Crippen LogP contribution in [0.15, 0.2) is 29.1 Å². The van der Waals surface area contributed by atoms with Crippen LogP contribution < -0.4 is 10.9 Å². The molecule has 0 aliphatic rings. The number of halogens is 2. The van der Waals surface area contributed by atoms with Crippen LogP contribution in [0.5, 0.6) is 5.75 Å². The van der Waals surface area contributed by atoms with E-state index in [9.17, 15) is 18.7 Å². The summed E-state index contributed by atoms with van der Waals surface area (Å²) in [4.78, 5) is 11.7. The van der Waals surface area contributed by atoms with Crippen LogP contribution in [0.4, 0.5) is 8.78 Å². The molecule has 0 bridgehead atoms. The molecule has 0 aliphatic heterocycles. The Morgan fingerprint density at radius 2 is 2.11 bits per heavy atom. The normalized spacial score (nSPS) is 10.7. The largest absolute Gasteiger partial charge is 0.506 e. The second-order valence-electron chi connectivity index (χ2n) is 3.85. The van der Waals surface area contributed by atoms with Crippen molar-refractivity contribution in [3.8, 4) is 11.4 Å². The first-order valence-corrected chi connectivity index (χ1v) is 5.45. The highest BCUT2D eigenvalue weighted by atomic mass is 19.1. The summed E-state index contributed by atoms with van der Waals surface area (Å²) < 4.78 is 27.4. The smallest absolute Gasteiger partial charge is 0.275 e. The van der Waals surface area contributed by atoms with Crippen LogP contribution >= 0.6 is 0 Å². The van der Waals surface area contributed by atoms with Gasteiger partial charge in [0, 0.05) is 18.7 Å². The van der Waals surface area contributed by atoms with Crippen molar-refractivity contribution in [1.29, 1.82) is 0 Å². The lowest BCUT2D eigenvalue weighted by atomic mass is 10.3. The van der Waals surface area contributed by atoms with Crippen molar-refractivity contribution in [2.45, 2.75) is 6.54 Å². The van der Waals surface area contributed by atoms with Gasteiger partial charge in [-0.15, -0.1) is 0 Å². The maximum atomic E-state index is 13.6. The highest BCUT2D eigenvalue weighted by Crippen LogP contribution is 2.15. The molecule has 0 unspecified atom stereocenters. The summed E-state index contributed by atoms with van der Waals surface area (Å²) in [6.45, 7) is 0.184. The van der Waals surface area contributed by atoms with Crippen molar-refractivity contribution in [2.24, 2.45) is 0 Å². The molecule has 0 amide bonds. The maximum absolute atomic E-state index is 13.6. The van der Waals surface area contributed by atoms with Gasteiger partial charge in [0.15, 0.2) is 0 Å². The van der Waals surface area contributed by atoms with E-state index in [0.29, 0.717) is 4.68 Å². The Hall–Kier alpha value is -2.28. The Morgan fingerprint density at radius 3 is 2.79 bits per heavy atom. The third-order valence-electron chi connectivity index (χ3n) is 2.47. The van der Waals surface area contributed by atoms with Gasteiger partial charge in [-0.3, -0.25) is 4.79 Å². The van der Waals surface area contributed by atoms with Gasteiger partial charge in [-0.2, -0.15) is 9.78 Å². The number of hydrogen-bond acceptors (Lipinski definition) is 4. The highest BCUT2D eigenvalue weighted by Gasteiger charge is 2.12. The SMILES string of the molecule is CNCc1nn(-c2cc(F)ccc2F)c(=O)cc1O. The van der Waals surface area contributed by atoms with E-state index in [-0.39, 0.29) is 23.7 Å². The lowest BCUT2D eigenvalue weighted by molar-refractivity contribution is 0.452. The second kappa shape index (κ2) is 5.15. The average molecular weight is 267 g/mol. The van der Waals surface area contributed by atoms with Gasteiger partial charge in [0.2, 0.25) is 0 Å². The summed E-state index contributed by atoms with van der Waals surface area (Å²) in [6.07, 6.45) is 0. The molecule has 7 heteroatoms. The fraction of sp³-hybridized carbons (Fsp3) is 0.167. The van der Waals surface area contributed by atoms with Gasteiger partial charge in [-0.05, 0) is 19.2 Å². The lowest BCUT2D eigenvalue weighted by Crippen LogP contribution is -2.24. The molecular weight excluding hydrogens is 256 g/mol. The third kappa shape index (κ3) is 2.60. The summed E-state index contributed by atoms with van der Waals surface area (Å²) in [5.41, 5.74) is -0.894.